The number of halogens is 2. The van der Waals surface area contributed by atoms with Crippen molar-refractivity contribution in [1.29, 1.82) is 10.5 Å². The van der Waals surface area contributed by atoms with Gasteiger partial charge in [0.2, 0.25) is 0 Å². The van der Waals surface area contributed by atoms with Gasteiger partial charge in [0, 0.05) is 49.8 Å². The molecule has 4 aliphatic rings. The highest BCUT2D eigenvalue weighted by molar-refractivity contribution is 9.09. The first-order valence-corrected chi connectivity index (χ1v) is 23.9. The third-order valence-electron chi connectivity index (χ3n) is 13.6. The Labute approximate surface area is 388 Å². The van der Waals surface area contributed by atoms with Crippen molar-refractivity contribution in [1.82, 2.24) is 9.80 Å². The molecular formula is C53H58BrClN4O4. The highest BCUT2D eigenvalue weighted by Crippen LogP contribution is 2.41. The Kier molecular flexibility index (Phi) is 16.0. The van der Waals surface area contributed by atoms with Crippen molar-refractivity contribution in [2.75, 3.05) is 31.5 Å². The molecule has 10 heteroatoms. The number of alkyl halides is 1. The number of carbonyl (C=O) groups excluding carboxylic acids is 4. The van der Waals surface area contributed by atoms with Crippen molar-refractivity contribution in [2.45, 2.75) is 116 Å². The van der Waals surface area contributed by atoms with Gasteiger partial charge in [-0.25, -0.2) is 0 Å². The van der Waals surface area contributed by atoms with Gasteiger partial charge in [0.25, 0.3) is 17.1 Å². The van der Waals surface area contributed by atoms with Crippen molar-refractivity contribution in [3.63, 3.8) is 0 Å². The second kappa shape index (κ2) is 22.0. The number of carbonyl (C=O) groups is 4. The molecule has 2 saturated carbocycles. The molecule has 2 amide bonds. The van der Waals surface area contributed by atoms with E-state index in [4.69, 9.17) is 23.5 Å². The van der Waals surface area contributed by atoms with Crippen molar-refractivity contribution in [2.24, 2.45) is 0 Å². The zero-order valence-corrected chi connectivity index (χ0v) is 39.1. The number of amides is 2. The lowest BCUT2D eigenvalue weighted by Crippen LogP contribution is -2.38. The summed E-state index contributed by atoms with van der Waals surface area (Å²) in [6, 6.07) is 27.5. The molecule has 4 aromatic carbocycles. The number of nitriles is 2. The summed E-state index contributed by atoms with van der Waals surface area (Å²) in [7, 11) is 0. The van der Waals surface area contributed by atoms with Gasteiger partial charge in [-0.3, -0.25) is 19.2 Å². The van der Waals surface area contributed by atoms with Crippen LogP contribution in [0.4, 0.5) is 0 Å². The molecule has 0 spiro atoms. The SMILES string of the molecule is Cc1cc(C2CCC2)c(C(=O)CBr)cc1C(=O)N1CCC(c2ccc(C#N)cc2)CC1.Cc1cc(C2CCC2)c(C(=O)Cl)cc1C(=O)N1CCC(c2ccc(C#N)cc2)CC1.[2H]CC. The lowest BCUT2D eigenvalue weighted by molar-refractivity contribution is 0.0704. The molecule has 0 radical (unpaired) electrons. The monoisotopic (exact) mass is 929 g/mol. The fourth-order valence-corrected chi connectivity index (χ4v) is 9.82. The summed E-state index contributed by atoms with van der Waals surface area (Å²) in [5.74, 6) is 1.69. The summed E-state index contributed by atoms with van der Waals surface area (Å²) in [5, 5.41) is 17.7. The molecule has 328 valence electrons. The number of hydrogen-bond donors (Lipinski definition) is 0. The number of hydrogen-bond acceptors (Lipinski definition) is 6. The molecule has 2 aliphatic carbocycles. The first-order valence-electron chi connectivity index (χ1n) is 23.1. The summed E-state index contributed by atoms with van der Waals surface area (Å²) < 4.78 is 6.21. The van der Waals surface area contributed by atoms with Crippen LogP contribution in [-0.2, 0) is 0 Å². The maximum Gasteiger partial charge on any atom is 0.254 e. The fraction of sp³-hybridized carbons (Fsp3) is 0.434. The summed E-state index contributed by atoms with van der Waals surface area (Å²) in [6.45, 7) is 8.99. The molecule has 2 saturated heterocycles. The molecule has 8 nitrogen and oxygen atoms in total. The minimum absolute atomic E-state index is 0.0231. The maximum absolute atomic E-state index is 13.3. The van der Waals surface area contributed by atoms with Crippen molar-refractivity contribution in [3.05, 3.63) is 140 Å². The van der Waals surface area contributed by atoms with Gasteiger partial charge in [0.15, 0.2) is 5.78 Å². The Morgan fingerprint density at radius 3 is 1.30 bits per heavy atom. The number of Topliss-reactive ketones (excluding diaryl/α,β-unsaturated/α-hetero) is 1. The number of ketones is 1. The van der Waals surface area contributed by atoms with Gasteiger partial charge < -0.3 is 9.80 Å². The lowest BCUT2D eigenvalue weighted by atomic mass is 9.76. The van der Waals surface area contributed by atoms with Crippen LogP contribution in [0.3, 0.4) is 0 Å². The normalized spacial score (nSPS) is 17.0. The van der Waals surface area contributed by atoms with Gasteiger partial charge in [-0.15, -0.1) is 0 Å². The first kappa shape index (κ1) is 45.9. The van der Waals surface area contributed by atoms with Crippen LogP contribution in [0.15, 0.2) is 72.8 Å². The predicted octanol–water partition coefficient (Wildman–Crippen LogP) is 12.3. The Bertz CT molecular complexity index is 2400. The van der Waals surface area contributed by atoms with E-state index in [2.05, 4.69) is 34.1 Å². The molecule has 63 heavy (non-hydrogen) atoms. The van der Waals surface area contributed by atoms with Gasteiger partial charge in [0.05, 0.1) is 28.6 Å². The second-order valence-electron chi connectivity index (χ2n) is 17.2. The molecule has 4 fully saturated rings. The van der Waals surface area contributed by atoms with Gasteiger partial charge >= 0.3 is 0 Å². The Morgan fingerprint density at radius 1 is 0.619 bits per heavy atom. The Hall–Kier alpha value is -5.09. The Morgan fingerprint density at radius 2 is 0.984 bits per heavy atom. The van der Waals surface area contributed by atoms with Crippen LogP contribution in [0.1, 0.15) is 189 Å². The summed E-state index contributed by atoms with van der Waals surface area (Å²) >= 11 is 9.18. The van der Waals surface area contributed by atoms with Crippen molar-refractivity contribution < 1.29 is 20.5 Å². The fourth-order valence-electron chi connectivity index (χ4n) is 9.35. The van der Waals surface area contributed by atoms with Crippen LogP contribution in [0.5, 0.6) is 0 Å². The minimum Gasteiger partial charge on any atom is -0.339 e. The molecule has 0 N–H and O–H groups in total. The van der Waals surface area contributed by atoms with Crippen molar-refractivity contribution >= 4 is 50.4 Å². The van der Waals surface area contributed by atoms with Crippen LogP contribution >= 0.6 is 27.5 Å². The third kappa shape index (κ3) is 11.0. The minimum atomic E-state index is -0.481. The summed E-state index contributed by atoms with van der Waals surface area (Å²) in [6.07, 6.45) is 10.4. The average Bonchev–Trinajstić information content (AvgIpc) is 3.28. The number of nitrogens with zero attached hydrogens (tertiary/aromatic N) is 4. The van der Waals surface area contributed by atoms with E-state index in [1.807, 2.05) is 84.3 Å². The highest BCUT2D eigenvalue weighted by atomic mass is 79.9. The second-order valence-corrected chi connectivity index (χ2v) is 18.1. The summed E-state index contributed by atoms with van der Waals surface area (Å²) in [4.78, 5) is 55.0. The predicted molar refractivity (Wildman–Crippen MR) is 253 cm³/mol. The lowest BCUT2D eigenvalue weighted by Gasteiger charge is -2.33. The van der Waals surface area contributed by atoms with Gasteiger partial charge in [-0.2, -0.15) is 10.5 Å². The van der Waals surface area contributed by atoms with Crippen molar-refractivity contribution in [3.8, 4) is 12.1 Å². The molecule has 2 aliphatic heterocycles. The number of benzene rings is 4. The quantitative estimate of drug-likeness (QED) is 0.0936. The molecular weight excluding hydrogens is 872 g/mol. The average molecular weight is 931 g/mol. The van der Waals surface area contributed by atoms with Gasteiger partial charge in [0.1, 0.15) is 0 Å². The number of likely N-dealkylation sites (tertiary alicyclic amines) is 2. The summed E-state index contributed by atoms with van der Waals surface area (Å²) in [5.41, 5.74) is 10.2. The smallest absolute Gasteiger partial charge is 0.254 e. The molecule has 2 heterocycles. The molecule has 0 unspecified atom stereocenters. The van der Waals surface area contributed by atoms with Crippen LogP contribution in [0.25, 0.3) is 0 Å². The van der Waals surface area contributed by atoms with Gasteiger partial charge in [-0.05, 0) is 170 Å². The van der Waals surface area contributed by atoms with E-state index in [1.54, 1.807) is 13.0 Å². The van der Waals surface area contributed by atoms with E-state index in [0.717, 1.165) is 73.6 Å². The van der Waals surface area contributed by atoms with Gasteiger partial charge in [-0.1, -0.05) is 79.0 Å². The molecule has 8 rings (SSSR count). The topological polar surface area (TPSA) is 122 Å². The van der Waals surface area contributed by atoms with Crippen LogP contribution in [0.2, 0.25) is 0 Å². The molecule has 0 atom stereocenters. The molecule has 0 aromatic heterocycles. The number of rotatable bonds is 9. The van der Waals surface area contributed by atoms with Crippen LogP contribution < -0.4 is 0 Å². The van der Waals surface area contributed by atoms with E-state index in [1.165, 1.54) is 24.0 Å². The molecule has 0 bridgehead atoms. The zero-order valence-electron chi connectivity index (χ0n) is 37.7. The highest BCUT2D eigenvalue weighted by Gasteiger charge is 2.31. The maximum atomic E-state index is 13.3. The van der Waals surface area contributed by atoms with E-state index in [9.17, 15) is 19.2 Å². The molecule has 4 aromatic rings. The largest absolute Gasteiger partial charge is 0.339 e. The zero-order chi connectivity index (χ0) is 45.9. The first-order chi connectivity index (χ1) is 30.9. The third-order valence-corrected chi connectivity index (χ3v) is 14.3. The van der Waals surface area contributed by atoms with E-state index in [0.29, 0.717) is 90.1 Å². The van der Waals surface area contributed by atoms with E-state index >= 15 is 0 Å². The standard InChI is InChI=1S/C26H27BrN2O2.C25H25ClN2O2.C2H6/c1-17-13-23(21-3-2-4-21)24(25(30)15-27)14-22(17)26(31)29-11-9-20(10-12-29)19-7-5-18(16-28)6-8-19;1-16-13-22(20-3-2-4-20)23(24(26)29)14-21(16)25(30)28-11-9-19(10-12-28)18-7-5-17(15-27)6-8-18;1-2/h5-8,13-14,20-21H,2-4,9-12,15H2,1H3;5-8,13-14,19-20H,2-4,9-12H2,1H3;1-2H3/i;;1D. The number of aryl methyl sites for hydroxylation is 2. The van der Waals surface area contributed by atoms with Crippen LogP contribution in [-0.4, -0.2) is 64.1 Å². The Balaban J connectivity index is 0.000000200. The number of piperidine rings is 2. The van der Waals surface area contributed by atoms with E-state index in [-0.39, 0.29) is 22.9 Å². The van der Waals surface area contributed by atoms with Crippen LogP contribution in [0, 0.1) is 36.5 Å². The van der Waals surface area contributed by atoms with E-state index < -0.39 is 5.24 Å².